The Morgan fingerprint density at radius 2 is 2.00 bits per heavy atom. The molecule has 0 radical (unpaired) electrons. The third kappa shape index (κ3) is 2.16. The van der Waals surface area contributed by atoms with Crippen LogP contribution in [-0.4, -0.2) is 23.6 Å². The number of ether oxygens (including phenoxy) is 1. The number of fused-ring (bicyclic) bond motifs is 4. The highest BCUT2D eigenvalue weighted by molar-refractivity contribution is 6.05. The van der Waals surface area contributed by atoms with Crippen molar-refractivity contribution in [3.63, 3.8) is 0 Å². The predicted molar refractivity (Wildman–Crippen MR) is 97.1 cm³/mol. The minimum atomic E-state index is 0.759. The number of para-hydroxylation sites is 1. The summed E-state index contributed by atoms with van der Waals surface area (Å²) in [5.41, 5.74) is 5.04. The van der Waals surface area contributed by atoms with E-state index in [2.05, 4.69) is 20.9 Å². The summed E-state index contributed by atoms with van der Waals surface area (Å²) < 4.78 is 11.6. The molecule has 0 bridgehead atoms. The van der Waals surface area contributed by atoms with Gasteiger partial charge in [-0.15, -0.1) is 0 Å². The maximum Gasteiger partial charge on any atom is 0.196 e. The van der Waals surface area contributed by atoms with Crippen LogP contribution in [0.2, 0.25) is 0 Å². The van der Waals surface area contributed by atoms with Crippen LogP contribution < -0.4 is 9.64 Å². The second kappa shape index (κ2) is 5.48. The summed E-state index contributed by atoms with van der Waals surface area (Å²) in [6.45, 7) is 1.66. The van der Waals surface area contributed by atoms with Gasteiger partial charge in [0.15, 0.2) is 11.4 Å². The summed E-state index contributed by atoms with van der Waals surface area (Å²) in [4.78, 5) is 11.2. The highest BCUT2D eigenvalue weighted by atomic mass is 16.5. The molecule has 0 fully saturated rings. The van der Waals surface area contributed by atoms with Gasteiger partial charge in [0.2, 0.25) is 0 Å². The van der Waals surface area contributed by atoms with Gasteiger partial charge in [-0.1, -0.05) is 24.3 Å². The summed E-state index contributed by atoms with van der Waals surface area (Å²) in [7, 11) is 1.73. The number of benzene rings is 2. The Balaban J connectivity index is 1.62. The van der Waals surface area contributed by atoms with E-state index in [-0.39, 0.29) is 0 Å². The molecule has 0 spiro atoms. The molecule has 5 rings (SSSR count). The van der Waals surface area contributed by atoms with E-state index in [1.807, 2.05) is 36.4 Å². The van der Waals surface area contributed by atoms with Gasteiger partial charge in [0.25, 0.3) is 0 Å². The molecule has 1 aliphatic heterocycles. The van der Waals surface area contributed by atoms with E-state index in [4.69, 9.17) is 9.15 Å². The van der Waals surface area contributed by atoms with Crippen molar-refractivity contribution in [2.75, 3.05) is 18.6 Å². The Kier molecular flexibility index (Phi) is 3.13. The third-order valence-corrected chi connectivity index (χ3v) is 4.88. The highest BCUT2D eigenvalue weighted by Crippen LogP contribution is 2.35. The average Bonchev–Trinajstić information content (AvgIpc) is 3.06. The van der Waals surface area contributed by atoms with E-state index in [1.54, 1.807) is 13.4 Å². The molecule has 5 nitrogen and oxygen atoms in total. The van der Waals surface area contributed by atoms with Crippen LogP contribution in [0.15, 0.2) is 53.2 Å². The molecule has 0 aliphatic carbocycles. The lowest BCUT2D eigenvalue weighted by molar-refractivity contribution is 0.407. The Labute approximate surface area is 144 Å². The van der Waals surface area contributed by atoms with Gasteiger partial charge < -0.3 is 14.1 Å². The number of aromatic nitrogens is 2. The molecule has 0 unspecified atom stereocenters. The summed E-state index contributed by atoms with van der Waals surface area (Å²) in [5, 5.41) is 1.03. The van der Waals surface area contributed by atoms with E-state index in [0.29, 0.717) is 0 Å². The van der Waals surface area contributed by atoms with Crippen molar-refractivity contribution in [1.29, 1.82) is 0 Å². The topological polar surface area (TPSA) is 51.4 Å². The minimum absolute atomic E-state index is 0.759. The van der Waals surface area contributed by atoms with Gasteiger partial charge in [0.1, 0.15) is 23.2 Å². The van der Waals surface area contributed by atoms with Gasteiger partial charge in [0, 0.05) is 24.0 Å². The van der Waals surface area contributed by atoms with Crippen LogP contribution in [0.5, 0.6) is 5.75 Å². The second-order valence-corrected chi connectivity index (χ2v) is 6.24. The van der Waals surface area contributed by atoms with E-state index in [1.165, 1.54) is 11.1 Å². The highest BCUT2D eigenvalue weighted by Gasteiger charge is 2.23. The quantitative estimate of drug-likeness (QED) is 0.557. The number of furan rings is 1. The van der Waals surface area contributed by atoms with Gasteiger partial charge in [-0.2, -0.15) is 0 Å². The van der Waals surface area contributed by atoms with Gasteiger partial charge >= 0.3 is 0 Å². The van der Waals surface area contributed by atoms with Gasteiger partial charge in [-0.05, 0) is 30.2 Å². The van der Waals surface area contributed by atoms with E-state index in [0.717, 1.165) is 53.1 Å². The van der Waals surface area contributed by atoms with Crippen molar-refractivity contribution in [3.05, 3.63) is 59.9 Å². The first-order valence-electron chi connectivity index (χ1n) is 8.37. The van der Waals surface area contributed by atoms with Gasteiger partial charge in [0.05, 0.1) is 7.11 Å². The average molecular weight is 331 g/mol. The third-order valence-electron chi connectivity index (χ3n) is 4.88. The van der Waals surface area contributed by atoms with Crippen molar-refractivity contribution in [2.45, 2.75) is 13.0 Å². The Morgan fingerprint density at radius 1 is 1.08 bits per heavy atom. The van der Waals surface area contributed by atoms with Crippen LogP contribution in [0, 0.1) is 0 Å². The smallest absolute Gasteiger partial charge is 0.196 e. The first-order valence-corrected chi connectivity index (χ1v) is 8.37. The zero-order chi connectivity index (χ0) is 16.8. The fourth-order valence-electron chi connectivity index (χ4n) is 3.68. The molecular formula is C20H17N3O2. The van der Waals surface area contributed by atoms with Crippen LogP contribution in [0.1, 0.15) is 11.1 Å². The van der Waals surface area contributed by atoms with Crippen molar-refractivity contribution in [3.8, 4) is 5.75 Å². The fourth-order valence-corrected chi connectivity index (χ4v) is 3.68. The Morgan fingerprint density at radius 3 is 2.92 bits per heavy atom. The Hall–Kier alpha value is -3.08. The summed E-state index contributed by atoms with van der Waals surface area (Å²) in [6, 6.07) is 14.2. The molecule has 0 saturated heterocycles. The standard InChI is InChI=1S/C20H17N3O2/c1-24-16-8-4-5-13-11-23(10-9-14(13)16)20-19-18(21-12-22-20)15-6-2-3-7-17(15)25-19/h2-8,12H,9-11H2,1H3. The largest absolute Gasteiger partial charge is 0.496 e. The number of hydrogen-bond acceptors (Lipinski definition) is 5. The summed E-state index contributed by atoms with van der Waals surface area (Å²) >= 11 is 0. The molecule has 2 aromatic heterocycles. The minimum Gasteiger partial charge on any atom is -0.496 e. The SMILES string of the molecule is COc1cccc2c1CCN(c1ncnc3c1oc1ccccc13)C2. The number of hydrogen-bond donors (Lipinski definition) is 0. The number of anilines is 1. The first kappa shape index (κ1) is 14.3. The maximum atomic E-state index is 6.08. The van der Waals surface area contributed by atoms with Crippen LogP contribution in [0.3, 0.4) is 0 Å². The lowest BCUT2D eigenvalue weighted by Crippen LogP contribution is -2.31. The normalized spacial score (nSPS) is 14.0. The van der Waals surface area contributed by atoms with Crippen LogP contribution >= 0.6 is 0 Å². The second-order valence-electron chi connectivity index (χ2n) is 6.24. The Bertz CT molecular complexity index is 1090. The molecule has 2 aromatic carbocycles. The molecule has 3 heterocycles. The zero-order valence-electron chi connectivity index (χ0n) is 13.9. The molecule has 1 aliphatic rings. The summed E-state index contributed by atoms with van der Waals surface area (Å²) in [6.07, 6.45) is 2.55. The van der Waals surface area contributed by atoms with Crippen molar-refractivity contribution in [2.24, 2.45) is 0 Å². The van der Waals surface area contributed by atoms with E-state index in [9.17, 15) is 0 Å². The van der Waals surface area contributed by atoms with Crippen LogP contribution in [0.4, 0.5) is 5.82 Å². The lowest BCUT2D eigenvalue weighted by Gasteiger charge is -2.30. The monoisotopic (exact) mass is 331 g/mol. The predicted octanol–water partition coefficient (Wildman–Crippen LogP) is 3.95. The van der Waals surface area contributed by atoms with Crippen LogP contribution in [-0.2, 0) is 13.0 Å². The molecule has 25 heavy (non-hydrogen) atoms. The molecule has 0 N–H and O–H groups in total. The van der Waals surface area contributed by atoms with E-state index < -0.39 is 0 Å². The first-order chi connectivity index (χ1) is 12.3. The molecule has 0 amide bonds. The molecule has 124 valence electrons. The van der Waals surface area contributed by atoms with Crippen molar-refractivity contribution >= 4 is 27.9 Å². The molecule has 4 aromatic rings. The van der Waals surface area contributed by atoms with Crippen molar-refractivity contribution < 1.29 is 9.15 Å². The number of nitrogens with zero attached hydrogens (tertiary/aromatic N) is 3. The summed E-state index contributed by atoms with van der Waals surface area (Å²) in [5.74, 6) is 1.82. The van der Waals surface area contributed by atoms with Gasteiger partial charge in [-0.3, -0.25) is 0 Å². The maximum absolute atomic E-state index is 6.08. The molecular weight excluding hydrogens is 314 g/mol. The number of rotatable bonds is 2. The van der Waals surface area contributed by atoms with Crippen molar-refractivity contribution in [1.82, 2.24) is 9.97 Å². The van der Waals surface area contributed by atoms with E-state index >= 15 is 0 Å². The zero-order valence-corrected chi connectivity index (χ0v) is 13.9. The fraction of sp³-hybridized carbons (Fsp3) is 0.200. The molecule has 0 saturated carbocycles. The van der Waals surface area contributed by atoms with Gasteiger partial charge in [-0.25, -0.2) is 9.97 Å². The number of methoxy groups -OCH3 is 1. The molecule has 5 heteroatoms. The van der Waals surface area contributed by atoms with Crippen LogP contribution in [0.25, 0.3) is 22.1 Å². The lowest BCUT2D eigenvalue weighted by atomic mass is 9.98. The molecule has 0 atom stereocenters.